The fourth-order valence-electron chi connectivity index (χ4n) is 4.23. The number of phenolic OH excluding ortho intramolecular Hbond substituents is 2. The van der Waals surface area contributed by atoms with E-state index in [0.717, 1.165) is 42.0 Å². The first-order valence-electron chi connectivity index (χ1n) is 8.02. The van der Waals surface area contributed by atoms with Crippen molar-refractivity contribution < 1.29 is 10.2 Å². The Hall–Kier alpha value is -2.36. The van der Waals surface area contributed by atoms with Gasteiger partial charge in [0.05, 0.1) is 18.0 Å². The third-order valence-electron chi connectivity index (χ3n) is 5.25. The molecule has 0 saturated heterocycles. The number of aryl methyl sites for hydroxylation is 2. The fraction of sp³-hybridized carbons (Fsp3) is 0.368. The number of benzene rings is 2. The number of fused-ring (bicyclic) bond motifs is 6. The molecule has 0 saturated carbocycles. The summed E-state index contributed by atoms with van der Waals surface area (Å²) in [5, 5.41) is 20.6. The first-order chi connectivity index (χ1) is 10.9. The fourth-order valence-corrected chi connectivity index (χ4v) is 4.23. The van der Waals surface area contributed by atoms with Gasteiger partial charge in [-0.3, -0.25) is 0 Å². The van der Waals surface area contributed by atoms with E-state index in [1.165, 1.54) is 22.5 Å². The second kappa shape index (κ2) is 4.57. The maximum Gasteiger partial charge on any atom is 0.123 e. The highest BCUT2D eigenvalue weighted by Gasteiger charge is 2.33. The molecule has 0 aliphatic carbocycles. The number of anilines is 2. The molecule has 4 rings (SSSR count). The second-order valence-corrected chi connectivity index (χ2v) is 6.89. The molecular formula is C19H22N2O2. The van der Waals surface area contributed by atoms with Crippen LogP contribution in [0.2, 0.25) is 0 Å². The Kier molecular flexibility index (Phi) is 2.83. The molecule has 2 N–H and O–H groups in total. The van der Waals surface area contributed by atoms with E-state index in [1.54, 1.807) is 0 Å². The average Bonchev–Trinajstić information content (AvgIpc) is 2.50. The van der Waals surface area contributed by atoms with Crippen molar-refractivity contribution in [3.05, 3.63) is 45.5 Å². The number of nitrogens with zero attached hydrogens (tertiary/aromatic N) is 2. The minimum absolute atomic E-state index is 0.404. The van der Waals surface area contributed by atoms with Gasteiger partial charge >= 0.3 is 0 Å². The number of hydrogen-bond donors (Lipinski definition) is 2. The van der Waals surface area contributed by atoms with E-state index in [4.69, 9.17) is 0 Å². The van der Waals surface area contributed by atoms with Crippen LogP contribution < -0.4 is 9.80 Å². The van der Waals surface area contributed by atoms with Crippen molar-refractivity contribution in [3.63, 3.8) is 0 Å². The maximum absolute atomic E-state index is 10.3. The number of hydrogen-bond acceptors (Lipinski definition) is 4. The monoisotopic (exact) mass is 310 g/mol. The summed E-state index contributed by atoms with van der Waals surface area (Å²) in [6.45, 7) is 10.3. The zero-order valence-corrected chi connectivity index (χ0v) is 14.1. The van der Waals surface area contributed by atoms with Gasteiger partial charge < -0.3 is 20.0 Å². The number of rotatable bonds is 0. The van der Waals surface area contributed by atoms with Gasteiger partial charge in [0, 0.05) is 24.2 Å². The molecule has 0 amide bonds. The van der Waals surface area contributed by atoms with E-state index in [2.05, 4.69) is 21.9 Å². The summed E-state index contributed by atoms with van der Waals surface area (Å²) in [4.78, 5) is 4.65. The van der Waals surface area contributed by atoms with Gasteiger partial charge in [0.25, 0.3) is 0 Å². The third-order valence-corrected chi connectivity index (χ3v) is 5.25. The van der Waals surface area contributed by atoms with Crippen molar-refractivity contribution in [3.8, 4) is 11.5 Å². The van der Waals surface area contributed by atoms with Crippen LogP contribution >= 0.6 is 0 Å². The summed E-state index contributed by atoms with van der Waals surface area (Å²) in [5.74, 6) is 0.808. The van der Waals surface area contributed by atoms with Gasteiger partial charge in [-0.1, -0.05) is 0 Å². The van der Waals surface area contributed by atoms with Gasteiger partial charge in [-0.25, -0.2) is 0 Å². The van der Waals surface area contributed by atoms with E-state index < -0.39 is 0 Å². The zero-order valence-electron chi connectivity index (χ0n) is 14.1. The highest BCUT2D eigenvalue weighted by molar-refractivity contribution is 5.76. The molecule has 2 aromatic carbocycles. The first kappa shape index (κ1) is 14.2. The summed E-state index contributed by atoms with van der Waals surface area (Å²) in [5.41, 5.74) is 8.60. The molecule has 0 fully saturated rings. The molecule has 0 aromatic heterocycles. The molecule has 0 radical (unpaired) electrons. The van der Waals surface area contributed by atoms with Crippen molar-refractivity contribution in [2.75, 3.05) is 16.5 Å². The lowest BCUT2D eigenvalue weighted by atomic mass is 9.93. The van der Waals surface area contributed by atoms with E-state index in [9.17, 15) is 10.2 Å². The van der Waals surface area contributed by atoms with Crippen molar-refractivity contribution in [1.29, 1.82) is 0 Å². The van der Waals surface area contributed by atoms with Crippen molar-refractivity contribution in [1.82, 2.24) is 0 Å². The van der Waals surface area contributed by atoms with Crippen LogP contribution in [0.15, 0.2) is 12.1 Å². The van der Waals surface area contributed by atoms with E-state index >= 15 is 0 Å². The minimum Gasteiger partial charge on any atom is -0.507 e. The highest BCUT2D eigenvalue weighted by Crippen LogP contribution is 2.46. The molecule has 2 aliphatic rings. The smallest absolute Gasteiger partial charge is 0.123 e. The second-order valence-electron chi connectivity index (χ2n) is 6.89. The Labute approximate surface area is 136 Å². The topological polar surface area (TPSA) is 46.9 Å². The van der Waals surface area contributed by atoms with E-state index in [0.29, 0.717) is 11.5 Å². The lowest BCUT2D eigenvalue weighted by molar-refractivity contribution is 0.464. The van der Waals surface area contributed by atoms with Crippen LogP contribution in [0.25, 0.3) is 0 Å². The SMILES string of the molecule is Cc1cc2c(c(C)c1O)N1Cc3cc(C)c(O)c(C)c3N(C2)C1. The first-order valence-corrected chi connectivity index (χ1v) is 8.02. The van der Waals surface area contributed by atoms with Crippen molar-refractivity contribution in [2.24, 2.45) is 0 Å². The van der Waals surface area contributed by atoms with Crippen molar-refractivity contribution in [2.45, 2.75) is 40.8 Å². The zero-order chi connectivity index (χ0) is 16.5. The van der Waals surface area contributed by atoms with Gasteiger partial charge in [0.15, 0.2) is 0 Å². The molecule has 2 aromatic rings. The van der Waals surface area contributed by atoms with Crippen LogP contribution in [-0.4, -0.2) is 16.9 Å². The third kappa shape index (κ3) is 1.84. The van der Waals surface area contributed by atoms with Gasteiger partial charge in [0.1, 0.15) is 11.5 Å². The maximum atomic E-state index is 10.3. The number of phenols is 2. The Morgan fingerprint density at radius 2 is 1.13 bits per heavy atom. The standard InChI is InChI=1S/C19H22N2O2/c1-10-5-14-7-20-9-21(16(14)12(3)18(10)22)8-15-6-11(2)19(23)13(4)17(15)20/h5-6,22-23H,7-9H2,1-4H3. The molecule has 0 atom stereocenters. The Balaban J connectivity index is 1.91. The van der Waals surface area contributed by atoms with E-state index in [-0.39, 0.29) is 0 Å². The van der Waals surface area contributed by atoms with Gasteiger partial charge in [-0.15, -0.1) is 0 Å². The lowest BCUT2D eigenvalue weighted by Crippen LogP contribution is -2.46. The van der Waals surface area contributed by atoms with Crippen LogP contribution in [0.4, 0.5) is 11.4 Å². The Morgan fingerprint density at radius 1 is 0.739 bits per heavy atom. The normalized spacial score (nSPS) is 15.5. The van der Waals surface area contributed by atoms with Gasteiger partial charge in [0.2, 0.25) is 0 Å². The van der Waals surface area contributed by atoms with Crippen LogP contribution in [-0.2, 0) is 13.1 Å². The highest BCUT2D eigenvalue weighted by atomic mass is 16.3. The molecule has 4 heteroatoms. The predicted molar refractivity (Wildman–Crippen MR) is 92.4 cm³/mol. The Bertz CT molecular complexity index is 773. The summed E-state index contributed by atoms with van der Waals surface area (Å²) in [7, 11) is 0. The molecule has 0 spiro atoms. The van der Waals surface area contributed by atoms with Crippen LogP contribution in [0.5, 0.6) is 11.5 Å². The molecule has 120 valence electrons. The molecule has 2 aliphatic heterocycles. The van der Waals surface area contributed by atoms with Gasteiger partial charge in [-0.05, 0) is 62.1 Å². The quantitative estimate of drug-likeness (QED) is 0.780. The summed E-state index contributed by atoms with van der Waals surface area (Å²) in [6.07, 6.45) is 0. The summed E-state index contributed by atoms with van der Waals surface area (Å²) in [6, 6.07) is 4.18. The summed E-state index contributed by atoms with van der Waals surface area (Å²) < 4.78 is 0. The predicted octanol–water partition coefficient (Wildman–Crippen LogP) is 3.63. The molecule has 2 bridgehead atoms. The van der Waals surface area contributed by atoms with Crippen LogP contribution in [0.1, 0.15) is 33.4 Å². The Morgan fingerprint density at radius 3 is 1.52 bits per heavy atom. The minimum atomic E-state index is 0.404. The largest absolute Gasteiger partial charge is 0.507 e. The molecule has 2 heterocycles. The van der Waals surface area contributed by atoms with Crippen LogP contribution in [0.3, 0.4) is 0 Å². The van der Waals surface area contributed by atoms with E-state index in [1.807, 2.05) is 27.7 Å². The molecule has 0 unspecified atom stereocenters. The van der Waals surface area contributed by atoms with Crippen LogP contribution in [0, 0.1) is 27.7 Å². The lowest BCUT2D eigenvalue weighted by Gasteiger charge is -2.46. The molecular weight excluding hydrogens is 288 g/mol. The van der Waals surface area contributed by atoms with Crippen molar-refractivity contribution >= 4 is 11.4 Å². The molecule has 4 nitrogen and oxygen atoms in total. The average molecular weight is 310 g/mol. The van der Waals surface area contributed by atoms with Gasteiger partial charge in [-0.2, -0.15) is 0 Å². The summed E-state index contributed by atoms with van der Waals surface area (Å²) >= 11 is 0. The molecule has 23 heavy (non-hydrogen) atoms. The number of aromatic hydroxyl groups is 2.